The van der Waals surface area contributed by atoms with Crippen molar-refractivity contribution in [1.29, 1.82) is 0 Å². The fourth-order valence-corrected chi connectivity index (χ4v) is 5.19. The molecule has 0 bridgehead atoms. The van der Waals surface area contributed by atoms with E-state index in [1.54, 1.807) is 6.07 Å². The average molecular weight is 456 g/mol. The summed E-state index contributed by atoms with van der Waals surface area (Å²) in [5, 5.41) is 4.87. The minimum atomic E-state index is -0.352. The lowest BCUT2D eigenvalue weighted by Crippen LogP contribution is -2.39. The van der Waals surface area contributed by atoms with E-state index in [9.17, 15) is 14.4 Å². The number of hydrogen-bond donors (Lipinski definition) is 2. The highest BCUT2D eigenvalue weighted by molar-refractivity contribution is 7.17. The van der Waals surface area contributed by atoms with Gasteiger partial charge in [-0.15, -0.1) is 11.3 Å². The lowest BCUT2D eigenvalue weighted by Gasteiger charge is -2.28. The number of thiophene rings is 1. The summed E-state index contributed by atoms with van der Waals surface area (Å²) in [6.07, 6.45) is 4.03. The number of carbonyl (C=O) groups excluding carboxylic acids is 1. The van der Waals surface area contributed by atoms with Crippen LogP contribution in [0.4, 0.5) is 0 Å². The molecule has 0 spiro atoms. The number of rotatable bonds is 8. The van der Waals surface area contributed by atoms with E-state index >= 15 is 0 Å². The van der Waals surface area contributed by atoms with E-state index in [4.69, 9.17) is 4.74 Å². The molecular formula is C24H29N3O4S. The molecule has 0 radical (unpaired) electrons. The second-order valence-electron chi connectivity index (χ2n) is 8.34. The Morgan fingerprint density at radius 1 is 1.16 bits per heavy atom. The lowest BCUT2D eigenvalue weighted by molar-refractivity contribution is -0.126. The summed E-state index contributed by atoms with van der Waals surface area (Å²) in [5.41, 5.74) is 1.20. The van der Waals surface area contributed by atoms with Gasteiger partial charge in [-0.25, -0.2) is 4.79 Å². The third-order valence-corrected chi connectivity index (χ3v) is 7.10. The van der Waals surface area contributed by atoms with Gasteiger partial charge in [0.2, 0.25) is 5.91 Å². The Kier molecular flexibility index (Phi) is 7.09. The molecule has 1 aromatic carbocycles. The molecule has 1 aliphatic rings. The fraction of sp³-hybridized carbons (Fsp3) is 0.458. The van der Waals surface area contributed by atoms with Crippen LogP contribution in [0.2, 0.25) is 0 Å². The Morgan fingerprint density at radius 3 is 2.62 bits per heavy atom. The minimum absolute atomic E-state index is 0.00126. The summed E-state index contributed by atoms with van der Waals surface area (Å²) in [6, 6.07) is 9.72. The predicted octanol–water partition coefficient (Wildman–Crippen LogP) is 3.32. The van der Waals surface area contributed by atoms with Crippen molar-refractivity contribution in [3.05, 3.63) is 62.1 Å². The zero-order valence-corrected chi connectivity index (χ0v) is 19.1. The first kappa shape index (κ1) is 22.3. The molecule has 1 aliphatic carbocycles. The first-order valence-electron chi connectivity index (χ1n) is 11.2. The summed E-state index contributed by atoms with van der Waals surface area (Å²) < 4.78 is 7.36. The number of nitrogens with one attached hydrogen (secondary N) is 2. The average Bonchev–Trinajstić information content (AvgIpc) is 3.27. The van der Waals surface area contributed by atoms with Crippen molar-refractivity contribution in [2.45, 2.75) is 45.6 Å². The van der Waals surface area contributed by atoms with Crippen molar-refractivity contribution in [2.75, 3.05) is 13.2 Å². The highest BCUT2D eigenvalue weighted by Gasteiger charge is 2.27. The zero-order chi connectivity index (χ0) is 22.5. The third-order valence-electron chi connectivity index (χ3n) is 6.20. The molecule has 1 fully saturated rings. The lowest BCUT2D eigenvalue weighted by atomic mass is 9.81. The van der Waals surface area contributed by atoms with Crippen molar-refractivity contribution in [1.82, 2.24) is 14.9 Å². The van der Waals surface area contributed by atoms with Crippen LogP contribution in [-0.2, 0) is 17.8 Å². The Morgan fingerprint density at radius 2 is 1.91 bits per heavy atom. The van der Waals surface area contributed by atoms with Crippen LogP contribution in [-0.4, -0.2) is 28.6 Å². The standard InChI is InChI=1S/C24H29N3O4S/c1-2-31-19-9-5-16(6-10-19)11-13-25-22(28)18-7-3-17(4-8-18)15-27-23(29)21-20(12-14-32-21)26-24(27)30/h5-6,9-10,12,14,17-18H,2-4,7-8,11,13,15H2,1H3,(H,25,28)(H,26,30). The van der Waals surface area contributed by atoms with Gasteiger partial charge in [-0.05, 0) is 74.1 Å². The molecule has 2 aromatic heterocycles. The SMILES string of the molecule is CCOc1ccc(CCNC(=O)C2CCC(Cn3c(=O)[nH]c4ccsc4c3=O)CC2)cc1. The van der Waals surface area contributed by atoms with Gasteiger partial charge < -0.3 is 15.0 Å². The van der Waals surface area contributed by atoms with Crippen LogP contribution in [0.5, 0.6) is 5.75 Å². The number of ether oxygens (including phenoxy) is 1. The number of H-pyrrole nitrogens is 1. The first-order chi connectivity index (χ1) is 15.5. The maximum absolute atomic E-state index is 12.6. The monoisotopic (exact) mass is 455 g/mol. The molecule has 0 unspecified atom stereocenters. The van der Waals surface area contributed by atoms with Crippen molar-refractivity contribution < 1.29 is 9.53 Å². The first-order valence-corrected chi connectivity index (χ1v) is 12.1. The van der Waals surface area contributed by atoms with E-state index in [0.717, 1.165) is 43.4 Å². The highest BCUT2D eigenvalue weighted by atomic mass is 32.1. The van der Waals surface area contributed by atoms with E-state index in [2.05, 4.69) is 10.3 Å². The normalized spacial score (nSPS) is 18.5. The van der Waals surface area contributed by atoms with E-state index in [1.807, 2.05) is 36.6 Å². The zero-order valence-electron chi connectivity index (χ0n) is 18.3. The van der Waals surface area contributed by atoms with E-state index in [-0.39, 0.29) is 29.0 Å². The molecule has 32 heavy (non-hydrogen) atoms. The van der Waals surface area contributed by atoms with Gasteiger partial charge in [-0.2, -0.15) is 0 Å². The molecule has 2 N–H and O–H groups in total. The maximum atomic E-state index is 12.6. The number of benzene rings is 1. The molecule has 3 aromatic rings. The second kappa shape index (κ2) is 10.2. The van der Waals surface area contributed by atoms with Crippen molar-refractivity contribution >= 4 is 27.5 Å². The van der Waals surface area contributed by atoms with E-state index in [0.29, 0.717) is 29.9 Å². The summed E-state index contributed by atoms with van der Waals surface area (Å²) >= 11 is 1.35. The van der Waals surface area contributed by atoms with Gasteiger partial charge in [0.1, 0.15) is 10.4 Å². The van der Waals surface area contributed by atoms with Gasteiger partial charge in [0.25, 0.3) is 5.56 Å². The number of nitrogens with zero attached hydrogens (tertiary/aromatic N) is 1. The number of amides is 1. The molecule has 0 atom stereocenters. The Bertz CT molecular complexity index is 1170. The van der Waals surface area contributed by atoms with Crippen molar-refractivity contribution in [3.63, 3.8) is 0 Å². The molecule has 4 rings (SSSR count). The van der Waals surface area contributed by atoms with Gasteiger partial charge in [-0.1, -0.05) is 12.1 Å². The third kappa shape index (κ3) is 5.12. The smallest absolute Gasteiger partial charge is 0.328 e. The quantitative estimate of drug-likeness (QED) is 0.545. The second-order valence-corrected chi connectivity index (χ2v) is 9.26. The van der Waals surface area contributed by atoms with E-state index < -0.39 is 0 Å². The summed E-state index contributed by atoms with van der Waals surface area (Å²) in [4.78, 5) is 40.3. The van der Waals surface area contributed by atoms with Crippen molar-refractivity contribution in [2.24, 2.45) is 11.8 Å². The van der Waals surface area contributed by atoms with Crippen molar-refractivity contribution in [3.8, 4) is 5.75 Å². The number of fused-ring (bicyclic) bond motifs is 1. The van der Waals surface area contributed by atoms with Gasteiger partial charge in [-0.3, -0.25) is 14.2 Å². The maximum Gasteiger partial charge on any atom is 0.328 e. The van der Waals surface area contributed by atoms with Gasteiger partial charge in [0.15, 0.2) is 0 Å². The molecule has 2 heterocycles. The molecule has 170 valence electrons. The van der Waals surface area contributed by atoms with Crippen LogP contribution in [0, 0.1) is 11.8 Å². The van der Waals surface area contributed by atoms with Crippen LogP contribution in [0.1, 0.15) is 38.2 Å². The molecule has 0 aliphatic heterocycles. The van der Waals surface area contributed by atoms with Gasteiger partial charge in [0, 0.05) is 19.0 Å². The van der Waals surface area contributed by atoms with Gasteiger partial charge >= 0.3 is 5.69 Å². The predicted molar refractivity (Wildman–Crippen MR) is 126 cm³/mol. The Hall–Kier alpha value is -2.87. The van der Waals surface area contributed by atoms with Crippen LogP contribution < -0.4 is 21.3 Å². The summed E-state index contributed by atoms with van der Waals surface area (Å²) in [7, 11) is 0. The van der Waals surface area contributed by atoms with E-state index in [1.165, 1.54) is 15.9 Å². The molecule has 1 saturated carbocycles. The molecule has 8 heteroatoms. The summed E-state index contributed by atoms with van der Waals surface area (Å²) in [6.45, 7) is 3.63. The highest BCUT2D eigenvalue weighted by Crippen LogP contribution is 2.29. The molecular weight excluding hydrogens is 426 g/mol. The van der Waals surface area contributed by atoms with Crippen LogP contribution >= 0.6 is 11.3 Å². The molecule has 7 nitrogen and oxygen atoms in total. The number of aromatic amines is 1. The number of carbonyl (C=O) groups is 1. The number of aromatic nitrogens is 2. The Labute approximate surface area is 190 Å². The minimum Gasteiger partial charge on any atom is -0.494 e. The van der Waals surface area contributed by atoms with Gasteiger partial charge in [0.05, 0.1) is 12.1 Å². The molecule has 0 saturated heterocycles. The Balaban J connectivity index is 1.24. The topological polar surface area (TPSA) is 93.2 Å². The number of hydrogen-bond acceptors (Lipinski definition) is 5. The van der Waals surface area contributed by atoms with Crippen LogP contribution in [0.15, 0.2) is 45.3 Å². The van der Waals surface area contributed by atoms with Crippen LogP contribution in [0.25, 0.3) is 10.2 Å². The molecule has 1 amide bonds. The van der Waals surface area contributed by atoms with Crippen LogP contribution in [0.3, 0.4) is 0 Å². The largest absolute Gasteiger partial charge is 0.494 e. The summed E-state index contributed by atoms with van der Waals surface area (Å²) in [5.74, 6) is 1.20. The fourth-order valence-electron chi connectivity index (χ4n) is 4.40.